The summed E-state index contributed by atoms with van der Waals surface area (Å²) in [5.41, 5.74) is 18.1. The van der Waals surface area contributed by atoms with Crippen molar-refractivity contribution in [2.75, 3.05) is 43.7 Å². The van der Waals surface area contributed by atoms with E-state index in [2.05, 4.69) is 79.8 Å². The zero-order valence-corrected chi connectivity index (χ0v) is 83.9. The van der Waals surface area contributed by atoms with E-state index in [1.165, 1.54) is 87.3 Å². The van der Waals surface area contributed by atoms with Gasteiger partial charge >= 0.3 is 17.9 Å². The van der Waals surface area contributed by atoms with E-state index in [0.29, 0.717) is 30.4 Å². The molecule has 1 saturated heterocycles. The second-order valence-corrected chi connectivity index (χ2v) is 38.7. The smallest absolute Gasteiger partial charge is 0.326 e. The van der Waals surface area contributed by atoms with Crippen LogP contribution in [0.1, 0.15) is 204 Å². The average Bonchev–Trinajstić information content (AvgIpc) is 1.45. The fourth-order valence-electron chi connectivity index (χ4n) is 15.0. The van der Waals surface area contributed by atoms with E-state index in [0.717, 1.165) is 0 Å². The minimum Gasteiger partial charge on any atom is -0.508 e. The first kappa shape index (κ1) is 122. The lowest BCUT2D eigenvalue weighted by atomic mass is 9.96. The molecule has 0 radical (unpaired) electrons. The van der Waals surface area contributed by atoms with Crippen LogP contribution in [-0.2, 0) is 104 Å². The Morgan fingerprint density at radius 1 is 0.403 bits per heavy atom. The van der Waals surface area contributed by atoms with Crippen LogP contribution in [0.3, 0.4) is 0 Å². The second kappa shape index (κ2) is 62.7. The molecule has 2 aromatic rings. The van der Waals surface area contributed by atoms with E-state index >= 15 is 0 Å². The zero-order chi connectivity index (χ0) is 105. The topological polar surface area (TPSA) is 707 Å². The van der Waals surface area contributed by atoms with Crippen LogP contribution in [0.15, 0.2) is 54.6 Å². The summed E-state index contributed by atoms with van der Waals surface area (Å²) in [5, 5.41) is 100.0. The number of carbonyl (C=O) groups excluding carboxylic acids is 16. The minimum atomic E-state index is -1.80. The molecule has 0 spiro atoms. The van der Waals surface area contributed by atoms with E-state index in [4.69, 9.17) is 17.2 Å². The van der Waals surface area contributed by atoms with Crippen molar-refractivity contribution in [3.63, 3.8) is 0 Å². The second-order valence-electron chi connectivity index (χ2n) is 36.7. The SMILES string of the molecule is CC[C@H](C)[C@H](NC(=O)[C@H](Cc1ccc(O)cc1)NC(=O)[C@H](CCSC)NC(=O)[C@H](CCCCN)NC(=O)[C@H](CCSC)NC(=O)[C@H](C)NC(=O)[C@H](CCC(=O)O)NC(=O)[C@H](Cc1ccccc1)NC(=O)[C@@H](NC(=O)[C@@H](NC(=O)[C@@H]1CCCN1C(=O)[C@H](CC(C)C)NC(=O)[C@H](CC(C)C)NC(=O)[C@@H](NC(=O)[C@@H](N)CC(=O)O)C(C)C)[C@@H](C)O)C(C)C)C(=O)N[C@H](C(=O)N[C@@H](CCCCN)C(=O)O)[C@@H](C)O. The predicted octanol–water partition coefficient (Wildman–Crippen LogP) is -1.81. The van der Waals surface area contributed by atoms with Gasteiger partial charge in [-0.2, -0.15) is 23.5 Å². The first-order valence-corrected chi connectivity index (χ1v) is 50.1. The van der Waals surface area contributed by atoms with Gasteiger partial charge in [-0.3, -0.25) is 86.3 Å². The Morgan fingerprint density at radius 2 is 0.777 bits per heavy atom. The van der Waals surface area contributed by atoms with Crippen molar-refractivity contribution in [2.45, 2.75) is 321 Å². The molecule has 27 N–H and O–H groups in total. The number of nitrogens with two attached hydrogens (primary N) is 3. The molecule has 44 nitrogen and oxygen atoms in total. The van der Waals surface area contributed by atoms with Gasteiger partial charge in [0.05, 0.1) is 24.7 Å². The number of aliphatic hydroxyl groups is 2. The highest BCUT2D eigenvalue weighted by Crippen LogP contribution is 2.24. The third-order valence-corrected chi connectivity index (χ3v) is 24.5. The molecule has 2 aromatic carbocycles. The number of nitrogens with one attached hydrogen (secondary N) is 15. The summed E-state index contributed by atoms with van der Waals surface area (Å²) in [7, 11) is 0. The maximum absolute atomic E-state index is 14.8. The number of aliphatic hydroxyl groups excluding tert-OH is 2. The highest BCUT2D eigenvalue weighted by Gasteiger charge is 2.44. The van der Waals surface area contributed by atoms with Crippen molar-refractivity contribution >= 4 is 136 Å². The van der Waals surface area contributed by atoms with Crippen LogP contribution in [0.2, 0.25) is 0 Å². The number of likely N-dealkylation sites (tertiary alicyclic amines) is 1. The number of thioether (sulfide) groups is 2. The minimum absolute atomic E-state index is 0.00912. The number of aromatic hydroxyl groups is 1. The number of unbranched alkanes of at least 4 members (excludes halogenated alkanes) is 2. The molecule has 20 atom stereocenters. The maximum atomic E-state index is 14.8. The number of carboxylic acid groups (broad SMARTS) is 3. The molecule has 0 bridgehead atoms. The summed E-state index contributed by atoms with van der Waals surface area (Å²) < 4.78 is 0. The summed E-state index contributed by atoms with van der Waals surface area (Å²) in [5.74, 6) is -21.1. The van der Waals surface area contributed by atoms with E-state index in [9.17, 15) is 122 Å². The van der Waals surface area contributed by atoms with Gasteiger partial charge < -0.3 is 132 Å². The van der Waals surface area contributed by atoms with Crippen molar-refractivity contribution < 1.29 is 122 Å². The Hall–Kier alpha value is -11.3. The summed E-state index contributed by atoms with van der Waals surface area (Å²) in [4.78, 5) is 267. The molecular weight excluding hydrogens is 1850 g/mol. The molecule has 139 heavy (non-hydrogen) atoms. The molecule has 0 saturated carbocycles. The Labute approximate surface area is 820 Å². The van der Waals surface area contributed by atoms with E-state index < -0.39 is 264 Å². The monoisotopic (exact) mass is 2000 g/mol. The van der Waals surface area contributed by atoms with Gasteiger partial charge in [0, 0.05) is 25.8 Å². The quantitative estimate of drug-likeness (QED) is 0.0325. The van der Waals surface area contributed by atoms with Crippen LogP contribution >= 0.6 is 23.5 Å². The van der Waals surface area contributed by atoms with Gasteiger partial charge in [0.15, 0.2) is 0 Å². The summed E-state index contributed by atoms with van der Waals surface area (Å²) in [6.07, 6.45) is -0.504. The van der Waals surface area contributed by atoms with Gasteiger partial charge in [0.2, 0.25) is 94.5 Å². The van der Waals surface area contributed by atoms with Crippen molar-refractivity contribution in [3.05, 3.63) is 65.7 Å². The van der Waals surface area contributed by atoms with Gasteiger partial charge in [-0.25, -0.2) is 4.79 Å². The molecule has 3 rings (SSSR count). The molecular formula is C93H151N19O25S2. The van der Waals surface area contributed by atoms with E-state index in [1.54, 1.807) is 98.2 Å². The third kappa shape index (κ3) is 43.1. The zero-order valence-electron chi connectivity index (χ0n) is 82.3. The Kier molecular flexibility index (Phi) is 54.9. The number of benzene rings is 2. The molecule has 1 aliphatic rings. The molecule has 1 fully saturated rings. The number of phenols is 1. The van der Waals surface area contributed by atoms with Gasteiger partial charge in [0.1, 0.15) is 102 Å². The predicted molar refractivity (Wildman–Crippen MR) is 519 cm³/mol. The van der Waals surface area contributed by atoms with Crippen LogP contribution in [0.4, 0.5) is 0 Å². The van der Waals surface area contributed by atoms with Crippen molar-refractivity contribution in [1.82, 2.24) is 84.7 Å². The Bertz CT molecular complexity index is 4380. The number of nitrogens with zero attached hydrogens (tertiary/aromatic N) is 1. The normalized spacial score (nSPS) is 16.6. The van der Waals surface area contributed by atoms with Crippen molar-refractivity contribution in [2.24, 2.45) is 46.8 Å². The first-order valence-electron chi connectivity index (χ1n) is 47.3. The summed E-state index contributed by atoms with van der Waals surface area (Å²) >= 11 is 2.59. The first-order chi connectivity index (χ1) is 65.4. The molecule has 0 unspecified atom stereocenters. The molecule has 46 heteroatoms. The Morgan fingerprint density at radius 3 is 1.24 bits per heavy atom. The lowest BCUT2D eigenvalue weighted by molar-refractivity contribution is -0.143. The fourth-order valence-corrected chi connectivity index (χ4v) is 16.0. The number of aliphatic carboxylic acids is 3. The molecule has 0 aromatic heterocycles. The van der Waals surface area contributed by atoms with Crippen molar-refractivity contribution in [1.29, 1.82) is 0 Å². The van der Waals surface area contributed by atoms with Crippen LogP contribution in [-0.4, -0.2) is 307 Å². The lowest BCUT2D eigenvalue weighted by Gasteiger charge is -2.32. The van der Waals surface area contributed by atoms with Gasteiger partial charge in [0.25, 0.3) is 0 Å². The highest BCUT2D eigenvalue weighted by atomic mass is 32.2. The number of carbonyl (C=O) groups is 19. The number of carboxylic acids is 3. The number of hydrogen-bond acceptors (Lipinski definition) is 27. The summed E-state index contributed by atoms with van der Waals surface area (Å²) in [6, 6.07) is -11.4. The largest absolute Gasteiger partial charge is 0.508 e. The van der Waals surface area contributed by atoms with Gasteiger partial charge in [-0.1, -0.05) is 118 Å². The fraction of sp³-hybridized carbons (Fsp3) is 0.667. The Balaban J connectivity index is 1.94. The van der Waals surface area contributed by atoms with Crippen LogP contribution in [0.25, 0.3) is 0 Å². The standard InChI is InChI=1S/C93H151N19O25S2/c1-16-52(10)74(89(132)111-75(54(12)113)90(133)102-64(93(136)137)28-21-23-39-95)109-85(128)67(46-57-30-32-58(115)33-31-57)103-82(125)63(37-42-139-15)101-80(123)60(27-20-22-38-94)99-81(124)62(36-41-138-14)98-77(120)53(11)97-79(122)61(34-35-70(116)117)100-84(127)66(45-56-25-18-17-19-26-56)105-88(131)73(51(8)9)108-91(134)76(55(13)114)110-86(129)69-29-24-40-112(69)92(135)68(44-49(4)5)106-83(126)65(43-48(2)3)104-87(130)72(50(6)7)107-78(121)59(96)47-71(118)119/h17-19,25-26,30-33,48-55,59-69,72-76,113-115H,16,20-24,27-29,34-47,94-96H2,1-15H3,(H,97,122)(H,98,120)(H,99,124)(H,100,127)(H,101,123)(H,102,133)(H,103,125)(H,104,130)(H,105,131)(H,106,126)(H,107,121)(H,108,134)(H,109,128)(H,110,129)(H,111,132)(H,116,117)(H,118,119)(H,136,137)/t52-,53-,54+,55+,59-,60-,61-,62-,63-,64-,65-,66-,67-,68-,69-,72-,73-,74-,75-,76-/m0/s1. The van der Waals surface area contributed by atoms with Crippen LogP contribution < -0.4 is 97.0 Å². The summed E-state index contributed by atoms with van der Waals surface area (Å²) in [6.45, 7) is 20.8. The third-order valence-electron chi connectivity index (χ3n) is 23.2. The van der Waals surface area contributed by atoms with Crippen molar-refractivity contribution in [3.8, 4) is 5.75 Å². The number of hydrogen-bond donors (Lipinski definition) is 24. The number of amides is 16. The average molecular weight is 2000 g/mol. The number of phenolic OH excluding ortho intramolecular Hbond substituents is 1. The molecule has 16 amide bonds. The van der Waals surface area contributed by atoms with E-state index in [-0.39, 0.29) is 126 Å². The lowest BCUT2D eigenvalue weighted by Crippen LogP contribution is -2.62. The molecule has 1 aliphatic heterocycles. The van der Waals surface area contributed by atoms with Gasteiger partial charge in [-0.05, 0) is 194 Å². The maximum Gasteiger partial charge on any atom is 0.326 e. The van der Waals surface area contributed by atoms with E-state index in [1.807, 2.05) is 0 Å². The molecule has 780 valence electrons. The molecule has 1 heterocycles. The molecule has 0 aliphatic carbocycles. The van der Waals surface area contributed by atoms with Gasteiger partial charge in [-0.15, -0.1) is 0 Å². The van der Waals surface area contributed by atoms with Crippen LogP contribution in [0, 0.1) is 29.6 Å². The van der Waals surface area contributed by atoms with Crippen LogP contribution in [0.5, 0.6) is 5.75 Å². The highest BCUT2D eigenvalue weighted by molar-refractivity contribution is 7.98. The number of rotatable bonds is 65.